The second kappa shape index (κ2) is 8.73. The molecule has 0 aromatic heterocycles. The second-order valence-electron chi connectivity index (χ2n) is 4.49. The lowest BCUT2D eigenvalue weighted by Crippen LogP contribution is -2.35. The number of urea groups is 1. The molecule has 0 unspecified atom stereocenters. The highest BCUT2D eigenvalue weighted by Gasteiger charge is 2.05. The van der Waals surface area contributed by atoms with Crippen molar-refractivity contribution in [2.24, 2.45) is 0 Å². The maximum Gasteiger partial charge on any atom is 0.328 e. The van der Waals surface area contributed by atoms with Crippen LogP contribution in [0.2, 0.25) is 0 Å². The Balaban J connectivity index is 2.59. The van der Waals surface area contributed by atoms with E-state index in [-0.39, 0.29) is 12.6 Å². The first-order chi connectivity index (χ1) is 10.0. The molecule has 0 bridgehead atoms. The van der Waals surface area contributed by atoms with Crippen LogP contribution in [-0.4, -0.2) is 23.7 Å². The summed E-state index contributed by atoms with van der Waals surface area (Å²) >= 11 is 0. The van der Waals surface area contributed by atoms with Crippen LogP contribution in [0.5, 0.6) is 0 Å². The van der Waals surface area contributed by atoms with Gasteiger partial charge in [-0.05, 0) is 30.2 Å². The zero-order chi connectivity index (χ0) is 15.7. The number of hydrogen-bond donors (Lipinski definition) is 3. The van der Waals surface area contributed by atoms with Crippen molar-refractivity contribution in [1.82, 2.24) is 10.6 Å². The van der Waals surface area contributed by atoms with E-state index in [4.69, 9.17) is 5.11 Å². The standard InChI is InChI=1S/C15H19FN2O3/c1-2-3-8-17-15(21)18-10-12-9-11(4-6-13(12)16)5-7-14(19)20/h4-7,9H,2-3,8,10H2,1H3,(H,19,20)(H2,17,18,21). The smallest absolute Gasteiger partial charge is 0.328 e. The van der Waals surface area contributed by atoms with E-state index in [0.29, 0.717) is 17.7 Å². The van der Waals surface area contributed by atoms with Crippen molar-refractivity contribution in [3.8, 4) is 0 Å². The molecule has 6 heteroatoms. The third-order valence-electron chi connectivity index (χ3n) is 2.74. The third-order valence-corrected chi connectivity index (χ3v) is 2.74. The van der Waals surface area contributed by atoms with Crippen LogP contribution >= 0.6 is 0 Å². The Morgan fingerprint density at radius 2 is 2.10 bits per heavy atom. The lowest BCUT2D eigenvalue weighted by molar-refractivity contribution is -0.131. The number of carbonyl (C=O) groups excluding carboxylic acids is 1. The summed E-state index contributed by atoms with van der Waals surface area (Å²) in [5.41, 5.74) is 0.857. The zero-order valence-electron chi connectivity index (χ0n) is 11.9. The first-order valence-corrected chi connectivity index (χ1v) is 6.74. The number of hydrogen-bond acceptors (Lipinski definition) is 2. The molecule has 0 aliphatic heterocycles. The summed E-state index contributed by atoms with van der Waals surface area (Å²) < 4.78 is 13.6. The third kappa shape index (κ3) is 6.56. The first-order valence-electron chi connectivity index (χ1n) is 6.74. The molecule has 2 amide bonds. The molecule has 1 aromatic carbocycles. The summed E-state index contributed by atoms with van der Waals surface area (Å²) in [5, 5.41) is 13.8. The van der Waals surface area contributed by atoms with Crippen LogP contribution in [0.25, 0.3) is 6.08 Å². The average molecular weight is 294 g/mol. The van der Waals surface area contributed by atoms with Crippen LogP contribution in [-0.2, 0) is 11.3 Å². The van der Waals surface area contributed by atoms with Gasteiger partial charge in [-0.25, -0.2) is 14.0 Å². The maximum atomic E-state index is 13.6. The van der Waals surface area contributed by atoms with Crippen LogP contribution < -0.4 is 10.6 Å². The minimum atomic E-state index is -1.07. The van der Waals surface area contributed by atoms with Gasteiger partial charge in [0, 0.05) is 24.7 Å². The van der Waals surface area contributed by atoms with E-state index in [9.17, 15) is 14.0 Å². The number of carboxylic acid groups (broad SMARTS) is 1. The van der Waals surface area contributed by atoms with Crippen LogP contribution in [0.4, 0.5) is 9.18 Å². The van der Waals surface area contributed by atoms with E-state index in [0.717, 1.165) is 18.9 Å². The Hall–Kier alpha value is -2.37. The molecular formula is C15H19FN2O3. The molecule has 0 saturated heterocycles. The number of aliphatic carboxylic acids is 1. The van der Waals surface area contributed by atoms with E-state index in [1.807, 2.05) is 6.92 Å². The number of unbranched alkanes of at least 4 members (excludes halogenated alkanes) is 1. The van der Waals surface area contributed by atoms with Gasteiger partial charge in [0.05, 0.1) is 0 Å². The number of nitrogens with one attached hydrogen (secondary N) is 2. The number of carboxylic acids is 1. The van der Waals surface area contributed by atoms with Gasteiger partial charge < -0.3 is 15.7 Å². The van der Waals surface area contributed by atoms with Crippen molar-refractivity contribution in [1.29, 1.82) is 0 Å². The van der Waals surface area contributed by atoms with Gasteiger partial charge in [0.1, 0.15) is 5.82 Å². The predicted molar refractivity (Wildman–Crippen MR) is 78.2 cm³/mol. The summed E-state index contributed by atoms with van der Waals surface area (Å²) in [5.74, 6) is -1.52. The molecule has 0 spiro atoms. The Bertz CT molecular complexity index is 530. The van der Waals surface area contributed by atoms with Crippen LogP contribution in [0, 0.1) is 5.82 Å². The number of carbonyl (C=O) groups is 2. The zero-order valence-corrected chi connectivity index (χ0v) is 11.9. The Kier molecular flexibility index (Phi) is 6.94. The molecule has 0 saturated carbocycles. The highest BCUT2D eigenvalue weighted by Crippen LogP contribution is 2.12. The van der Waals surface area contributed by atoms with E-state index in [1.54, 1.807) is 0 Å². The summed E-state index contributed by atoms with van der Waals surface area (Å²) in [6.07, 6.45) is 4.21. The van der Waals surface area contributed by atoms with Gasteiger partial charge in [0.2, 0.25) is 0 Å². The van der Waals surface area contributed by atoms with E-state index < -0.39 is 11.8 Å². The second-order valence-corrected chi connectivity index (χ2v) is 4.49. The summed E-state index contributed by atoms with van der Waals surface area (Å²) in [6.45, 7) is 2.63. The van der Waals surface area contributed by atoms with Crippen molar-refractivity contribution >= 4 is 18.1 Å². The fraction of sp³-hybridized carbons (Fsp3) is 0.333. The quantitative estimate of drug-likeness (QED) is 0.534. The molecule has 0 atom stereocenters. The van der Waals surface area contributed by atoms with Gasteiger partial charge in [-0.1, -0.05) is 19.4 Å². The van der Waals surface area contributed by atoms with Crippen molar-refractivity contribution in [2.45, 2.75) is 26.3 Å². The minimum absolute atomic E-state index is 0.0402. The molecule has 3 N–H and O–H groups in total. The van der Waals surface area contributed by atoms with Crippen molar-refractivity contribution < 1.29 is 19.1 Å². The number of halogens is 1. The lowest BCUT2D eigenvalue weighted by atomic mass is 10.1. The van der Waals surface area contributed by atoms with Gasteiger partial charge in [-0.3, -0.25) is 0 Å². The van der Waals surface area contributed by atoms with E-state index in [1.165, 1.54) is 24.3 Å². The summed E-state index contributed by atoms with van der Waals surface area (Å²) in [6, 6.07) is 3.86. The fourth-order valence-corrected chi connectivity index (χ4v) is 1.62. The van der Waals surface area contributed by atoms with Crippen molar-refractivity contribution in [2.75, 3.05) is 6.54 Å². The van der Waals surface area contributed by atoms with E-state index >= 15 is 0 Å². The summed E-state index contributed by atoms with van der Waals surface area (Å²) in [4.78, 5) is 21.9. The van der Waals surface area contributed by atoms with E-state index in [2.05, 4.69) is 10.6 Å². The van der Waals surface area contributed by atoms with Gasteiger partial charge in [-0.2, -0.15) is 0 Å². The molecule has 0 fully saturated rings. The monoisotopic (exact) mass is 294 g/mol. The first kappa shape index (κ1) is 16.7. The van der Waals surface area contributed by atoms with Crippen LogP contribution in [0.1, 0.15) is 30.9 Å². The van der Waals surface area contributed by atoms with Gasteiger partial charge in [0.25, 0.3) is 0 Å². The molecule has 0 aliphatic rings. The molecule has 1 aromatic rings. The highest BCUT2D eigenvalue weighted by atomic mass is 19.1. The molecule has 0 aliphatic carbocycles. The van der Waals surface area contributed by atoms with Crippen molar-refractivity contribution in [3.63, 3.8) is 0 Å². The number of rotatable bonds is 7. The van der Waals surface area contributed by atoms with Gasteiger partial charge in [-0.15, -0.1) is 0 Å². The molecule has 0 radical (unpaired) electrons. The molecule has 114 valence electrons. The molecule has 1 rings (SSSR count). The Morgan fingerprint density at radius 1 is 1.33 bits per heavy atom. The molecule has 21 heavy (non-hydrogen) atoms. The SMILES string of the molecule is CCCCNC(=O)NCc1cc(C=CC(=O)O)ccc1F. The number of amides is 2. The predicted octanol–water partition coefficient (Wildman–Crippen LogP) is 2.52. The Labute approximate surface area is 122 Å². The maximum absolute atomic E-state index is 13.6. The minimum Gasteiger partial charge on any atom is -0.478 e. The van der Waals surface area contributed by atoms with Gasteiger partial charge >= 0.3 is 12.0 Å². The van der Waals surface area contributed by atoms with Gasteiger partial charge in [0.15, 0.2) is 0 Å². The van der Waals surface area contributed by atoms with Crippen LogP contribution in [0.15, 0.2) is 24.3 Å². The van der Waals surface area contributed by atoms with Crippen LogP contribution in [0.3, 0.4) is 0 Å². The highest BCUT2D eigenvalue weighted by molar-refractivity contribution is 5.85. The summed E-state index contributed by atoms with van der Waals surface area (Å²) in [7, 11) is 0. The number of benzene rings is 1. The lowest BCUT2D eigenvalue weighted by Gasteiger charge is -2.08. The average Bonchev–Trinajstić information content (AvgIpc) is 2.45. The molecule has 0 heterocycles. The fourth-order valence-electron chi connectivity index (χ4n) is 1.62. The van der Waals surface area contributed by atoms with Crippen molar-refractivity contribution in [3.05, 3.63) is 41.2 Å². The normalized spacial score (nSPS) is 10.6. The topological polar surface area (TPSA) is 78.4 Å². The molecular weight excluding hydrogens is 275 g/mol. The molecule has 5 nitrogen and oxygen atoms in total. The largest absolute Gasteiger partial charge is 0.478 e. The Morgan fingerprint density at radius 3 is 2.76 bits per heavy atom.